The van der Waals surface area contributed by atoms with E-state index in [-0.39, 0.29) is 23.6 Å². The van der Waals surface area contributed by atoms with Gasteiger partial charge in [-0.05, 0) is 24.3 Å². The number of alkyl halides is 3. The van der Waals surface area contributed by atoms with Crippen LogP contribution in [0.15, 0.2) is 30.5 Å². The first-order valence-electron chi connectivity index (χ1n) is 6.55. The molecule has 0 aliphatic rings. The van der Waals surface area contributed by atoms with Crippen molar-refractivity contribution in [2.24, 2.45) is 7.05 Å². The maximum absolute atomic E-state index is 12.0. The number of aryl methyl sites for hydroxylation is 1. The SMILES string of the molecule is Cn1cc(CC(=O)Nc2ccc(OC(F)(F)F)cc2)nc1C(=O)O. The third-order valence-electron chi connectivity index (χ3n) is 2.83. The summed E-state index contributed by atoms with van der Waals surface area (Å²) in [5.74, 6) is -2.32. The van der Waals surface area contributed by atoms with Gasteiger partial charge < -0.3 is 19.7 Å². The van der Waals surface area contributed by atoms with E-state index in [0.29, 0.717) is 0 Å². The van der Waals surface area contributed by atoms with E-state index < -0.39 is 24.0 Å². The number of nitrogens with one attached hydrogen (secondary N) is 1. The summed E-state index contributed by atoms with van der Waals surface area (Å²) < 4.78 is 41.1. The molecule has 0 atom stereocenters. The molecule has 0 saturated heterocycles. The molecule has 2 N–H and O–H groups in total. The molecule has 24 heavy (non-hydrogen) atoms. The Balaban J connectivity index is 1.97. The number of carboxylic acid groups (broad SMARTS) is 1. The highest BCUT2D eigenvalue weighted by Gasteiger charge is 2.30. The number of carbonyl (C=O) groups is 2. The number of benzene rings is 1. The fraction of sp³-hybridized carbons (Fsp3) is 0.214. The summed E-state index contributed by atoms with van der Waals surface area (Å²) in [6.45, 7) is 0. The molecule has 128 valence electrons. The van der Waals surface area contributed by atoms with E-state index in [2.05, 4.69) is 15.0 Å². The number of carbonyl (C=O) groups excluding carboxylic acids is 1. The number of carboxylic acids is 1. The van der Waals surface area contributed by atoms with E-state index >= 15 is 0 Å². The van der Waals surface area contributed by atoms with E-state index in [1.54, 1.807) is 0 Å². The van der Waals surface area contributed by atoms with Gasteiger partial charge in [0.25, 0.3) is 0 Å². The van der Waals surface area contributed by atoms with E-state index in [4.69, 9.17) is 5.11 Å². The minimum atomic E-state index is -4.79. The number of imidazole rings is 1. The second-order valence-corrected chi connectivity index (χ2v) is 4.77. The van der Waals surface area contributed by atoms with Crippen molar-refractivity contribution in [1.29, 1.82) is 0 Å². The number of amides is 1. The Hall–Kier alpha value is -3.04. The van der Waals surface area contributed by atoms with Gasteiger partial charge in [0.05, 0.1) is 12.1 Å². The molecule has 0 bridgehead atoms. The smallest absolute Gasteiger partial charge is 0.475 e. The van der Waals surface area contributed by atoms with Crippen molar-refractivity contribution < 1.29 is 32.6 Å². The van der Waals surface area contributed by atoms with E-state index in [0.717, 1.165) is 12.1 Å². The zero-order valence-corrected chi connectivity index (χ0v) is 12.3. The second kappa shape index (κ2) is 6.60. The third kappa shape index (κ3) is 4.73. The van der Waals surface area contributed by atoms with Gasteiger partial charge in [0.15, 0.2) is 0 Å². The van der Waals surface area contributed by atoms with Gasteiger partial charge in [-0.15, -0.1) is 13.2 Å². The molecule has 0 fully saturated rings. The third-order valence-corrected chi connectivity index (χ3v) is 2.83. The van der Waals surface area contributed by atoms with Gasteiger partial charge in [-0.2, -0.15) is 0 Å². The van der Waals surface area contributed by atoms with Crippen LogP contribution in [0.25, 0.3) is 0 Å². The Morgan fingerprint density at radius 2 is 1.92 bits per heavy atom. The topological polar surface area (TPSA) is 93.5 Å². The molecule has 1 aromatic carbocycles. The molecule has 2 rings (SSSR count). The molecule has 0 unspecified atom stereocenters. The van der Waals surface area contributed by atoms with Crippen molar-refractivity contribution in [3.05, 3.63) is 42.0 Å². The fourth-order valence-corrected chi connectivity index (χ4v) is 1.92. The highest BCUT2D eigenvalue weighted by atomic mass is 19.4. The molecule has 7 nitrogen and oxygen atoms in total. The normalized spacial score (nSPS) is 11.2. The standard InChI is InChI=1S/C14H12F3N3O4/c1-20-7-9(19-12(20)13(22)23)6-11(21)18-8-2-4-10(5-3-8)24-14(15,16)17/h2-5,7H,6H2,1H3,(H,18,21)(H,22,23). The van der Waals surface area contributed by atoms with Gasteiger partial charge in [-0.1, -0.05) is 0 Å². The van der Waals surface area contributed by atoms with Gasteiger partial charge in [0.1, 0.15) is 5.75 Å². The Kier molecular flexibility index (Phi) is 4.77. The van der Waals surface area contributed by atoms with E-state index in [1.807, 2.05) is 0 Å². The number of aromatic carboxylic acids is 1. The quantitative estimate of drug-likeness (QED) is 0.868. The summed E-state index contributed by atoms with van der Waals surface area (Å²) >= 11 is 0. The molecule has 0 spiro atoms. The van der Waals surface area contributed by atoms with Gasteiger partial charge in [-0.25, -0.2) is 9.78 Å². The number of anilines is 1. The van der Waals surface area contributed by atoms with Gasteiger partial charge >= 0.3 is 12.3 Å². The molecule has 2 aromatic rings. The van der Waals surface area contributed by atoms with Crippen LogP contribution in [-0.2, 0) is 18.3 Å². The van der Waals surface area contributed by atoms with Crippen molar-refractivity contribution in [3.8, 4) is 5.75 Å². The molecular weight excluding hydrogens is 331 g/mol. The minimum Gasteiger partial charge on any atom is -0.475 e. The summed E-state index contributed by atoms with van der Waals surface area (Å²) in [5, 5.41) is 11.3. The Morgan fingerprint density at radius 3 is 2.42 bits per heavy atom. The number of nitrogens with zero attached hydrogens (tertiary/aromatic N) is 2. The van der Waals surface area contributed by atoms with E-state index in [1.165, 1.54) is 29.9 Å². The van der Waals surface area contributed by atoms with Crippen LogP contribution in [0, 0.1) is 0 Å². The zero-order chi connectivity index (χ0) is 17.9. The minimum absolute atomic E-state index is 0.179. The van der Waals surface area contributed by atoms with Crippen LogP contribution >= 0.6 is 0 Å². The second-order valence-electron chi connectivity index (χ2n) is 4.77. The maximum atomic E-state index is 12.0. The van der Waals surface area contributed by atoms with Crippen LogP contribution in [-0.4, -0.2) is 32.9 Å². The van der Waals surface area contributed by atoms with Crippen LogP contribution in [0.4, 0.5) is 18.9 Å². The highest BCUT2D eigenvalue weighted by molar-refractivity contribution is 5.92. The molecule has 0 aliphatic carbocycles. The molecule has 0 radical (unpaired) electrons. The van der Waals surface area contributed by atoms with Crippen LogP contribution in [0.3, 0.4) is 0 Å². The van der Waals surface area contributed by atoms with Crippen molar-refractivity contribution in [2.75, 3.05) is 5.32 Å². The van der Waals surface area contributed by atoms with Gasteiger partial charge in [0.2, 0.25) is 11.7 Å². The van der Waals surface area contributed by atoms with Gasteiger partial charge in [-0.3, -0.25) is 4.79 Å². The average Bonchev–Trinajstić information content (AvgIpc) is 2.80. The molecule has 1 aromatic heterocycles. The van der Waals surface area contributed by atoms with Crippen LogP contribution < -0.4 is 10.1 Å². The molecule has 0 saturated carbocycles. The first kappa shape index (κ1) is 17.3. The summed E-state index contributed by atoms with van der Waals surface area (Å²) in [6, 6.07) is 4.62. The number of hydrogen-bond donors (Lipinski definition) is 2. The number of aromatic nitrogens is 2. The lowest BCUT2D eigenvalue weighted by molar-refractivity contribution is -0.274. The van der Waals surface area contributed by atoms with E-state index in [9.17, 15) is 22.8 Å². The monoisotopic (exact) mass is 343 g/mol. The molecular formula is C14H12F3N3O4. The average molecular weight is 343 g/mol. The lowest BCUT2D eigenvalue weighted by atomic mass is 10.2. The van der Waals surface area contributed by atoms with Crippen LogP contribution in [0.1, 0.15) is 16.3 Å². The maximum Gasteiger partial charge on any atom is 0.573 e. The zero-order valence-electron chi connectivity index (χ0n) is 12.3. The summed E-state index contributed by atoms with van der Waals surface area (Å²) in [4.78, 5) is 26.5. The van der Waals surface area contributed by atoms with Crippen molar-refractivity contribution in [2.45, 2.75) is 12.8 Å². The summed E-state index contributed by atoms with van der Waals surface area (Å²) in [5.41, 5.74) is 0.522. The lowest BCUT2D eigenvalue weighted by Crippen LogP contribution is -2.17. The molecule has 1 heterocycles. The Labute approximate surface area is 133 Å². The number of ether oxygens (including phenoxy) is 1. The number of hydrogen-bond acceptors (Lipinski definition) is 4. The predicted octanol–water partition coefficient (Wildman–Crippen LogP) is 2.20. The van der Waals surface area contributed by atoms with Crippen molar-refractivity contribution >= 4 is 17.6 Å². The summed E-state index contributed by atoms with van der Waals surface area (Å²) in [7, 11) is 1.48. The first-order chi connectivity index (χ1) is 11.1. The van der Waals surface area contributed by atoms with Crippen molar-refractivity contribution in [1.82, 2.24) is 9.55 Å². The lowest BCUT2D eigenvalue weighted by Gasteiger charge is -2.09. The number of halogens is 3. The highest BCUT2D eigenvalue weighted by Crippen LogP contribution is 2.24. The molecule has 10 heteroatoms. The van der Waals surface area contributed by atoms with Crippen molar-refractivity contribution in [3.63, 3.8) is 0 Å². The largest absolute Gasteiger partial charge is 0.573 e. The molecule has 0 aliphatic heterocycles. The number of rotatable bonds is 5. The van der Waals surface area contributed by atoms with Crippen LogP contribution in [0.2, 0.25) is 0 Å². The first-order valence-corrected chi connectivity index (χ1v) is 6.55. The Bertz CT molecular complexity index is 754. The predicted molar refractivity (Wildman–Crippen MR) is 75.6 cm³/mol. The van der Waals surface area contributed by atoms with Crippen LogP contribution in [0.5, 0.6) is 5.75 Å². The Morgan fingerprint density at radius 1 is 1.29 bits per heavy atom. The van der Waals surface area contributed by atoms with Gasteiger partial charge in [0, 0.05) is 18.9 Å². The fourth-order valence-electron chi connectivity index (χ4n) is 1.92. The molecule has 1 amide bonds. The summed E-state index contributed by atoms with van der Waals surface area (Å²) in [6.07, 6.45) is -3.56.